The van der Waals surface area contributed by atoms with Crippen LogP contribution in [0.4, 0.5) is 17.1 Å². The Kier molecular flexibility index (Phi) is 6.37. The van der Waals surface area contributed by atoms with E-state index in [1.165, 1.54) is 6.07 Å². The molecule has 9 nitrogen and oxygen atoms in total. The zero-order valence-corrected chi connectivity index (χ0v) is 15.8. The van der Waals surface area contributed by atoms with Gasteiger partial charge in [-0.15, -0.1) is 0 Å². The molecular formula is C16H17ClN4O5S. The lowest BCUT2D eigenvalue weighted by Gasteiger charge is -2.11. The second kappa shape index (κ2) is 8.33. The third-order valence-corrected chi connectivity index (χ3v) is 5.02. The maximum absolute atomic E-state index is 12.0. The fraction of sp³-hybridized carbons (Fsp3) is 0.188. The van der Waals surface area contributed by atoms with Crippen LogP contribution in [-0.2, 0) is 14.8 Å². The molecule has 0 radical (unpaired) electrons. The van der Waals surface area contributed by atoms with Crippen LogP contribution in [0.15, 0.2) is 41.3 Å². The number of nitrogens with zero attached hydrogens (tertiary/aromatic N) is 1. The van der Waals surface area contributed by atoms with Crippen LogP contribution in [0, 0.1) is 17.0 Å². The second-order valence-corrected chi connectivity index (χ2v) is 7.59. The molecule has 2 rings (SSSR count). The molecule has 4 N–H and O–H groups in total. The number of carbonyl (C=O) groups excluding carboxylic acids is 1. The number of nitro groups is 1. The van der Waals surface area contributed by atoms with Gasteiger partial charge in [0.25, 0.3) is 5.69 Å². The molecule has 11 heteroatoms. The molecule has 0 spiro atoms. The van der Waals surface area contributed by atoms with Crippen molar-refractivity contribution in [3.8, 4) is 0 Å². The zero-order chi connectivity index (χ0) is 20.2. The summed E-state index contributed by atoms with van der Waals surface area (Å²) >= 11 is 5.99. The van der Waals surface area contributed by atoms with E-state index in [1.807, 2.05) is 0 Å². The van der Waals surface area contributed by atoms with E-state index < -0.39 is 20.6 Å². The maximum Gasteiger partial charge on any atom is 0.293 e. The minimum Gasteiger partial charge on any atom is -0.379 e. The van der Waals surface area contributed by atoms with Gasteiger partial charge >= 0.3 is 0 Å². The van der Waals surface area contributed by atoms with Crippen molar-refractivity contribution in [1.82, 2.24) is 0 Å². The Labute approximate surface area is 160 Å². The van der Waals surface area contributed by atoms with Gasteiger partial charge in [0, 0.05) is 29.7 Å². The summed E-state index contributed by atoms with van der Waals surface area (Å²) in [4.78, 5) is 22.1. The van der Waals surface area contributed by atoms with Crippen LogP contribution in [0.1, 0.15) is 12.0 Å². The number of benzene rings is 2. The third kappa shape index (κ3) is 5.39. The summed E-state index contributed by atoms with van der Waals surface area (Å²) < 4.78 is 22.6. The van der Waals surface area contributed by atoms with E-state index in [1.54, 1.807) is 25.1 Å². The fourth-order valence-electron chi connectivity index (χ4n) is 2.26. The van der Waals surface area contributed by atoms with Crippen molar-refractivity contribution in [2.75, 3.05) is 17.2 Å². The zero-order valence-electron chi connectivity index (χ0n) is 14.2. The van der Waals surface area contributed by atoms with Gasteiger partial charge in [-0.2, -0.15) is 0 Å². The average Bonchev–Trinajstić information content (AvgIpc) is 2.58. The Morgan fingerprint density at radius 2 is 1.96 bits per heavy atom. The van der Waals surface area contributed by atoms with E-state index >= 15 is 0 Å². The summed E-state index contributed by atoms with van der Waals surface area (Å²) in [7, 11) is -4.06. The van der Waals surface area contributed by atoms with Crippen molar-refractivity contribution in [2.45, 2.75) is 18.2 Å². The molecule has 2 aromatic rings. The molecule has 0 saturated heterocycles. The lowest BCUT2D eigenvalue weighted by molar-refractivity contribution is -0.384. The standard InChI is InChI=1S/C16H17ClN4O5S/c1-10-12(17)3-2-4-13(10)20-16(22)7-8-19-14-6-5-11(27(18,25)26)9-15(14)21(23)24/h2-6,9,19H,7-8H2,1H3,(H,20,22)(H2,18,25,26). The topological polar surface area (TPSA) is 144 Å². The summed E-state index contributed by atoms with van der Waals surface area (Å²) in [5.41, 5.74) is 0.942. The highest BCUT2D eigenvalue weighted by Crippen LogP contribution is 2.27. The van der Waals surface area contributed by atoms with Crippen LogP contribution in [0.2, 0.25) is 5.02 Å². The first-order valence-electron chi connectivity index (χ1n) is 7.69. The van der Waals surface area contributed by atoms with Gasteiger partial charge < -0.3 is 10.6 Å². The molecule has 0 heterocycles. The quantitative estimate of drug-likeness (QED) is 0.470. The summed E-state index contributed by atoms with van der Waals surface area (Å²) in [6, 6.07) is 8.38. The fourth-order valence-corrected chi connectivity index (χ4v) is 2.96. The molecule has 0 atom stereocenters. The number of nitro benzene ring substituents is 1. The first kappa shape index (κ1) is 20.6. The largest absolute Gasteiger partial charge is 0.379 e. The van der Waals surface area contributed by atoms with Crippen LogP contribution >= 0.6 is 11.6 Å². The van der Waals surface area contributed by atoms with Gasteiger partial charge in [-0.3, -0.25) is 14.9 Å². The maximum atomic E-state index is 12.0. The first-order chi connectivity index (χ1) is 12.6. The predicted molar refractivity (Wildman–Crippen MR) is 102 cm³/mol. The van der Waals surface area contributed by atoms with Gasteiger partial charge in [-0.1, -0.05) is 17.7 Å². The summed E-state index contributed by atoms with van der Waals surface area (Å²) in [6.45, 7) is 1.87. The van der Waals surface area contributed by atoms with E-state index in [9.17, 15) is 23.3 Å². The molecular weight excluding hydrogens is 396 g/mol. The number of anilines is 2. The lowest BCUT2D eigenvalue weighted by Crippen LogP contribution is -2.17. The van der Waals surface area contributed by atoms with Crippen LogP contribution in [-0.4, -0.2) is 25.8 Å². The molecule has 0 aliphatic heterocycles. The third-order valence-electron chi connectivity index (χ3n) is 3.70. The van der Waals surface area contributed by atoms with Crippen LogP contribution in [0.3, 0.4) is 0 Å². The highest BCUT2D eigenvalue weighted by atomic mass is 35.5. The monoisotopic (exact) mass is 412 g/mol. The van der Waals surface area contributed by atoms with E-state index in [4.69, 9.17) is 16.7 Å². The number of amides is 1. The van der Waals surface area contributed by atoms with Crippen molar-refractivity contribution in [1.29, 1.82) is 0 Å². The van der Waals surface area contributed by atoms with Gasteiger partial charge in [0.05, 0.1) is 9.82 Å². The highest BCUT2D eigenvalue weighted by Gasteiger charge is 2.19. The number of primary sulfonamides is 1. The molecule has 144 valence electrons. The van der Waals surface area contributed by atoms with Gasteiger partial charge in [-0.05, 0) is 36.8 Å². The Morgan fingerprint density at radius 3 is 2.59 bits per heavy atom. The molecule has 0 unspecified atom stereocenters. The Morgan fingerprint density at radius 1 is 1.26 bits per heavy atom. The number of halogens is 1. The predicted octanol–water partition coefficient (Wildman–Crippen LogP) is 2.64. The summed E-state index contributed by atoms with van der Waals surface area (Å²) in [5.74, 6) is -0.309. The van der Waals surface area contributed by atoms with E-state index in [2.05, 4.69) is 10.6 Å². The van der Waals surface area contributed by atoms with Crippen LogP contribution in [0.25, 0.3) is 0 Å². The molecule has 0 bridgehead atoms. The normalized spacial score (nSPS) is 11.1. The number of nitrogens with one attached hydrogen (secondary N) is 2. The van der Waals surface area contributed by atoms with Crippen molar-refractivity contribution in [2.24, 2.45) is 5.14 Å². The molecule has 0 fully saturated rings. The molecule has 27 heavy (non-hydrogen) atoms. The Bertz CT molecular complexity index is 994. The van der Waals surface area contributed by atoms with E-state index in [0.717, 1.165) is 17.7 Å². The van der Waals surface area contributed by atoms with Crippen LogP contribution < -0.4 is 15.8 Å². The lowest BCUT2D eigenvalue weighted by atomic mass is 10.2. The number of carbonyl (C=O) groups is 1. The second-order valence-electron chi connectivity index (χ2n) is 5.62. The minimum atomic E-state index is -4.06. The SMILES string of the molecule is Cc1c(Cl)cccc1NC(=O)CCNc1ccc(S(N)(=O)=O)cc1[N+](=O)[O-]. The molecule has 0 aliphatic rings. The average molecular weight is 413 g/mol. The highest BCUT2D eigenvalue weighted by molar-refractivity contribution is 7.89. The number of nitrogens with two attached hydrogens (primary N) is 1. The van der Waals surface area contributed by atoms with E-state index in [0.29, 0.717) is 10.7 Å². The molecule has 0 aliphatic carbocycles. The van der Waals surface area contributed by atoms with Crippen molar-refractivity contribution < 1.29 is 18.1 Å². The summed E-state index contributed by atoms with van der Waals surface area (Å²) in [5, 5.41) is 22.1. The Balaban J connectivity index is 2.03. The number of sulfonamides is 1. The van der Waals surface area contributed by atoms with Gasteiger partial charge in [0.15, 0.2) is 0 Å². The van der Waals surface area contributed by atoms with Crippen molar-refractivity contribution in [3.05, 3.63) is 57.1 Å². The van der Waals surface area contributed by atoms with Gasteiger partial charge in [0.2, 0.25) is 15.9 Å². The Hall–Kier alpha value is -2.69. The van der Waals surface area contributed by atoms with Gasteiger partial charge in [-0.25, -0.2) is 13.6 Å². The number of hydrogen-bond acceptors (Lipinski definition) is 6. The minimum absolute atomic E-state index is 0.0278. The smallest absolute Gasteiger partial charge is 0.293 e. The van der Waals surface area contributed by atoms with E-state index in [-0.39, 0.29) is 29.5 Å². The number of hydrogen-bond donors (Lipinski definition) is 3. The van der Waals surface area contributed by atoms with Gasteiger partial charge in [0.1, 0.15) is 5.69 Å². The van der Waals surface area contributed by atoms with Crippen molar-refractivity contribution in [3.63, 3.8) is 0 Å². The molecule has 0 saturated carbocycles. The van der Waals surface area contributed by atoms with Crippen LogP contribution in [0.5, 0.6) is 0 Å². The number of rotatable bonds is 7. The van der Waals surface area contributed by atoms with Crippen molar-refractivity contribution >= 4 is 44.6 Å². The molecule has 1 amide bonds. The molecule has 0 aromatic heterocycles. The summed E-state index contributed by atoms with van der Waals surface area (Å²) in [6.07, 6.45) is 0.0278. The molecule has 2 aromatic carbocycles. The first-order valence-corrected chi connectivity index (χ1v) is 9.62.